The van der Waals surface area contributed by atoms with E-state index in [2.05, 4.69) is 35.2 Å². The minimum Gasteiger partial charge on any atom is -0.393 e. The maximum Gasteiger partial charge on any atom is 0.0552 e. The van der Waals surface area contributed by atoms with Crippen molar-refractivity contribution in [3.05, 3.63) is 35.9 Å². The van der Waals surface area contributed by atoms with Gasteiger partial charge in [-0.15, -0.1) is 0 Å². The minimum absolute atomic E-state index is 0.175. The quantitative estimate of drug-likeness (QED) is 0.867. The van der Waals surface area contributed by atoms with Gasteiger partial charge in [0.1, 0.15) is 0 Å². The molecule has 0 aromatic heterocycles. The number of likely N-dealkylation sites (tertiary alicyclic amines) is 1. The fourth-order valence-electron chi connectivity index (χ4n) is 2.64. The van der Waals surface area contributed by atoms with E-state index >= 15 is 0 Å². The van der Waals surface area contributed by atoms with Crippen LogP contribution in [0.5, 0.6) is 0 Å². The number of aliphatic hydroxyl groups is 1. The van der Waals surface area contributed by atoms with Gasteiger partial charge >= 0.3 is 0 Å². The highest BCUT2D eigenvalue weighted by molar-refractivity contribution is 5.14. The molecule has 0 radical (unpaired) electrons. The van der Waals surface area contributed by atoms with Crippen LogP contribution in [0.4, 0.5) is 0 Å². The van der Waals surface area contributed by atoms with Crippen molar-refractivity contribution in [2.24, 2.45) is 5.92 Å². The van der Waals surface area contributed by atoms with Crippen LogP contribution in [0.2, 0.25) is 0 Å². The van der Waals surface area contributed by atoms with E-state index in [1.165, 1.54) is 24.8 Å². The molecule has 0 saturated carbocycles. The molecule has 0 amide bonds. The van der Waals surface area contributed by atoms with E-state index in [1.54, 1.807) is 0 Å². The van der Waals surface area contributed by atoms with Crippen molar-refractivity contribution < 1.29 is 5.11 Å². The molecule has 0 spiro atoms. The summed E-state index contributed by atoms with van der Waals surface area (Å²) in [6, 6.07) is 10.6. The summed E-state index contributed by atoms with van der Waals surface area (Å²) >= 11 is 0. The third-order valence-corrected chi connectivity index (χ3v) is 3.72. The summed E-state index contributed by atoms with van der Waals surface area (Å²) in [5, 5.41) is 9.76. The Kier molecular flexibility index (Phi) is 4.57. The highest BCUT2D eigenvalue weighted by Gasteiger charge is 2.21. The average molecular weight is 233 g/mol. The van der Waals surface area contributed by atoms with Gasteiger partial charge in [0.25, 0.3) is 0 Å². The lowest BCUT2D eigenvalue weighted by molar-refractivity contribution is 0.0956. The Hall–Kier alpha value is -0.860. The van der Waals surface area contributed by atoms with Crippen LogP contribution in [-0.2, 0) is 6.54 Å². The molecule has 1 fully saturated rings. The normalized spacial score (nSPS) is 24.2. The van der Waals surface area contributed by atoms with Crippen molar-refractivity contribution in [2.75, 3.05) is 13.1 Å². The highest BCUT2D eigenvalue weighted by Crippen LogP contribution is 2.20. The largest absolute Gasteiger partial charge is 0.393 e. The highest BCUT2D eigenvalue weighted by atomic mass is 16.3. The average Bonchev–Trinajstić information content (AvgIpc) is 2.56. The predicted octanol–water partition coefficient (Wildman–Crippen LogP) is 2.67. The van der Waals surface area contributed by atoms with Gasteiger partial charge in [0.2, 0.25) is 0 Å². The number of rotatable bonds is 3. The van der Waals surface area contributed by atoms with Crippen LogP contribution in [-0.4, -0.2) is 29.2 Å². The van der Waals surface area contributed by atoms with Crippen LogP contribution < -0.4 is 0 Å². The topological polar surface area (TPSA) is 23.5 Å². The Bertz CT molecular complexity index is 323. The fraction of sp³-hybridized carbons (Fsp3) is 0.600. The Morgan fingerprint density at radius 1 is 1.29 bits per heavy atom. The van der Waals surface area contributed by atoms with Gasteiger partial charge in [-0.3, -0.25) is 4.90 Å². The molecule has 0 bridgehead atoms. The van der Waals surface area contributed by atoms with Crippen molar-refractivity contribution >= 4 is 0 Å². The van der Waals surface area contributed by atoms with Crippen LogP contribution in [0.25, 0.3) is 0 Å². The van der Waals surface area contributed by atoms with Crippen molar-refractivity contribution in [3.8, 4) is 0 Å². The summed E-state index contributed by atoms with van der Waals surface area (Å²) in [5.41, 5.74) is 1.37. The molecule has 2 atom stereocenters. The summed E-state index contributed by atoms with van der Waals surface area (Å²) in [4.78, 5) is 2.49. The molecular weight excluding hydrogens is 210 g/mol. The molecule has 1 aromatic rings. The molecule has 1 aliphatic rings. The standard InChI is InChI=1S/C15H23NO/c1-13(17)15-9-5-6-10-16(12-15)11-14-7-3-2-4-8-14/h2-4,7-8,13,15,17H,5-6,9-12H2,1H3. The van der Waals surface area contributed by atoms with Crippen LogP contribution in [0.1, 0.15) is 31.7 Å². The summed E-state index contributed by atoms with van der Waals surface area (Å²) in [6.45, 7) is 5.14. The monoisotopic (exact) mass is 233 g/mol. The Morgan fingerprint density at radius 3 is 2.76 bits per heavy atom. The minimum atomic E-state index is -0.175. The summed E-state index contributed by atoms with van der Waals surface area (Å²) in [5.74, 6) is 0.446. The third kappa shape index (κ3) is 3.83. The zero-order chi connectivity index (χ0) is 12.1. The number of aliphatic hydroxyl groups excluding tert-OH is 1. The van der Waals surface area contributed by atoms with E-state index in [4.69, 9.17) is 0 Å². The molecule has 1 saturated heterocycles. The van der Waals surface area contributed by atoms with Crippen LogP contribution >= 0.6 is 0 Å². The number of nitrogens with zero attached hydrogens (tertiary/aromatic N) is 1. The first-order valence-electron chi connectivity index (χ1n) is 6.70. The van der Waals surface area contributed by atoms with E-state index < -0.39 is 0 Å². The SMILES string of the molecule is CC(O)C1CCCCN(Cc2ccccc2)C1. The summed E-state index contributed by atoms with van der Waals surface area (Å²) in [6.07, 6.45) is 3.51. The maximum absolute atomic E-state index is 9.76. The van der Waals surface area contributed by atoms with Gasteiger partial charge in [-0.2, -0.15) is 0 Å². The molecular formula is C15H23NO. The van der Waals surface area contributed by atoms with Crippen molar-refractivity contribution in [1.29, 1.82) is 0 Å². The van der Waals surface area contributed by atoms with Crippen LogP contribution in [0, 0.1) is 5.92 Å². The van der Waals surface area contributed by atoms with E-state index in [0.717, 1.165) is 19.6 Å². The first kappa shape index (κ1) is 12.6. The molecule has 2 nitrogen and oxygen atoms in total. The number of hydrogen-bond donors (Lipinski definition) is 1. The molecule has 0 aliphatic carbocycles. The second-order valence-corrected chi connectivity index (χ2v) is 5.22. The lowest BCUT2D eigenvalue weighted by Gasteiger charge is -2.25. The lowest BCUT2D eigenvalue weighted by Crippen LogP contribution is -2.32. The van der Waals surface area contributed by atoms with E-state index in [1.807, 2.05) is 6.92 Å². The van der Waals surface area contributed by atoms with Crippen molar-refractivity contribution in [3.63, 3.8) is 0 Å². The Labute approximate surface area is 104 Å². The van der Waals surface area contributed by atoms with E-state index in [-0.39, 0.29) is 6.10 Å². The van der Waals surface area contributed by atoms with Gasteiger partial charge in [0.05, 0.1) is 6.10 Å². The maximum atomic E-state index is 9.76. The first-order valence-corrected chi connectivity index (χ1v) is 6.70. The zero-order valence-electron chi connectivity index (χ0n) is 10.7. The second-order valence-electron chi connectivity index (χ2n) is 5.22. The van der Waals surface area contributed by atoms with Gasteiger partial charge in [-0.1, -0.05) is 36.8 Å². The van der Waals surface area contributed by atoms with Crippen LogP contribution in [0.3, 0.4) is 0 Å². The van der Waals surface area contributed by atoms with Gasteiger partial charge < -0.3 is 5.11 Å². The second kappa shape index (κ2) is 6.18. The van der Waals surface area contributed by atoms with Crippen molar-refractivity contribution in [2.45, 2.75) is 38.8 Å². The zero-order valence-corrected chi connectivity index (χ0v) is 10.7. The molecule has 1 aromatic carbocycles. The van der Waals surface area contributed by atoms with Crippen LogP contribution in [0.15, 0.2) is 30.3 Å². The van der Waals surface area contributed by atoms with E-state index in [0.29, 0.717) is 5.92 Å². The van der Waals surface area contributed by atoms with Crippen molar-refractivity contribution in [1.82, 2.24) is 4.90 Å². The molecule has 17 heavy (non-hydrogen) atoms. The van der Waals surface area contributed by atoms with Gasteiger partial charge in [-0.05, 0) is 37.8 Å². The van der Waals surface area contributed by atoms with Gasteiger partial charge in [0, 0.05) is 13.1 Å². The van der Waals surface area contributed by atoms with Gasteiger partial charge in [0.15, 0.2) is 0 Å². The van der Waals surface area contributed by atoms with E-state index in [9.17, 15) is 5.11 Å². The summed E-state index contributed by atoms with van der Waals surface area (Å²) < 4.78 is 0. The molecule has 94 valence electrons. The Morgan fingerprint density at radius 2 is 2.06 bits per heavy atom. The summed E-state index contributed by atoms with van der Waals surface area (Å²) in [7, 11) is 0. The molecule has 1 aliphatic heterocycles. The third-order valence-electron chi connectivity index (χ3n) is 3.72. The smallest absolute Gasteiger partial charge is 0.0552 e. The van der Waals surface area contributed by atoms with Gasteiger partial charge in [-0.25, -0.2) is 0 Å². The number of benzene rings is 1. The number of hydrogen-bond acceptors (Lipinski definition) is 2. The Balaban J connectivity index is 1.95. The first-order chi connectivity index (χ1) is 8.25. The predicted molar refractivity (Wildman–Crippen MR) is 70.7 cm³/mol. The molecule has 2 unspecified atom stereocenters. The fourth-order valence-corrected chi connectivity index (χ4v) is 2.64. The molecule has 1 N–H and O–H groups in total. The molecule has 1 heterocycles. The lowest BCUT2D eigenvalue weighted by atomic mass is 9.98. The molecule has 2 rings (SSSR count). The molecule has 2 heteroatoms.